The lowest BCUT2D eigenvalue weighted by atomic mass is 10.0. The third kappa shape index (κ3) is 2.23. The molecular weight excluding hydrogens is 278 g/mol. The first-order valence-electron chi connectivity index (χ1n) is 5.75. The summed E-state index contributed by atoms with van der Waals surface area (Å²) in [5, 5.41) is 7.74. The van der Waals surface area contributed by atoms with Crippen molar-refractivity contribution < 1.29 is 14.3 Å². The number of halogens is 1. The van der Waals surface area contributed by atoms with Gasteiger partial charge in [-0.05, 0) is 11.6 Å². The molecule has 1 aromatic heterocycles. The molecule has 2 fully saturated rings. The molecule has 0 unspecified atom stereocenters. The lowest BCUT2D eigenvalue weighted by molar-refractivity contribution is -0.181. The van der Waals surface area contributed by atoms with Crippen molar-refractivity contribution in [3.63, 3.8) is 0 Å². The average molecular weight is 290 g/mol. The Hall–Kier alpha value is -0.760. The van der Waals surface area contributed by atoms with Gasteiger partial charge in [-0.2, -0.15) is 0 Å². The van der Waals surface area contributed by atoms with E-state index in [-0.39, 0.29) is 10.4 Å². The number of aromatic nitrogens is 2. The first kappa shape index (κ1) is 12.3. The van der Waals surface area contributed by atoms with Gasteiger partial charge in [0.15, 0.2) is 5.79 Å². The van der Waals surface area contributed by atoms with Gasteiger partial charge in [0.1, 0.15) is 0 Å². The summed E-state index contributed by atoms with van der Waals surface area (Å²) in [5.74, 6) is -0.581. The minimum absolute atomic E-state index is 0.118. The van der Waals surface area contributed by atoms with E-state index < -0.39 is 5.79 Å². The smallest absolute Gasteiger partial charge is 0.284 e. The van der Waals surface area contributed by atoms with Crippen LogP contribution in [0.4, 0.5) is 0 Å². The molecule has 3 rings (SSSR count). The lowest BCUT2D eigenvalue weighted by Gasteiger charge is -2.37. The average Bonchev–Trinajstić information content (AvgIpc) is 3.00. The highest BCUT2D eigenvalue weighted by molar-refractivity contribution is 7.17. The number of carbonyl (C=O) groups is 1. The third-order valence-corrected chi connectivity index (χ3v) is 4.22. The first-order chi connectivity index (χ1) is 8.69. The van der Waals surface area contributed by atoms with E-state index in [0.717, 1.165) is 11.3 Å². The molecule has 18 heavy (non-hydrogen) atoms. The highest BCUT2D eigenvalue weighted by Gasteiger charge is 2.41. The summed E-state index contributed by atoms with van der Waals surface area (Å²) in [5.41, 5.74) is 0. The fourth-order valence-electron chi connectivity index (χ4n) is 2.26. The van der Waals surface area contributed by atoms with Crippen LogP contribution in [-0.4, -0.2) is 53.1 Å². The normalized spacial score (nSPS) is 22.6. The number of likely N-dealkylation sites (tertiary alicyclic amines) is 1. The zero-order valence-corrected chi connectivity index (χ0v) is 11.2. The van der Waals surface area contributed by atoms with Gasteiger partial charge in [0.2, 0.25) is 9.47 Å². The van der Waals surface area contributed by atoms with Gasteiger partial charge in [-0.25, -0.2) is 0 Å². The van der Waals surface area contributed by atoms with Crippen molar-refractivity contribution in [2.24, 2.45) is 0 Å². The number of ether oxygens (including phenoxy) is 2. The molecule has 0 bridgehead atoms. The van der Waals surface area contributed by atoms with Crippen LogP contribution in [0.2, 0.25) is 4.47 Å². The Kier molecular flexibility index (Phi) is 3.23. The Labute approximate surface area is 113 Å². The molecule has 1 amide bonds. The lowest BCUT2D eigenvalue weighted by Crippen LogP contribution is -2.47. The van der Waals surface area contributed by atoms with Crippen molar-refractivity contribution in [1.29, 1.82) is 0 Å². The van der Waals surface area contributed by atoms with Crippen molar-refractivity contribution in [3.8, 4) is 0 Å². The van der Waals surface area contributed by atoms with Gasteiger partial charge in [0, 0.05) is 25.9 Å². The maximum Gasteiger partial charge on any atom is 0.284 e. The Morgan fingerprint density at radius 3 is 2.50 bits per heavy atom. The number of carbonyl (C=O) groups excluding carboxylic acids is 1. The van der Waals surface area contributed by atoms with Crippen LogP contribution in [0.3, 0.4) is 0 Å². The minimum Gasteiger partial charge on any atom is -0.347 e. The van der Waals surface area contributed by atoms with Crippen molar-refractivity contribution in [3.05, 3.63) is 9.47 Å². The van der Waals surface area contributed by atoms with Crippen LogP contribution in [0.25, 0.3) is 0 Å². The van der Waals surface area contributed by atoms with Crippen molar-refractivity contribution in [1.82, 2.24) is 15.1 Å². The minimum atomic E-state index is -0.463. The Balaban J connectivity index is 1.64. The highest BCUT2D eigenvalue weighted by Crippen LogP contribution is 2.32. The molecule has 0 atom stereocenters. The predicted molar refractivity (Wildman–Crippen MR) is 64.7 cm³/mol. The highest BCUT2D eigenvalue weighted by atomic mass is 35.5. The summed E-state index contributed by atoms with van der Waals surface area (Å²) in [6.07, 6.45) is 1.40. The summed E-state index contributed by atoms with van der Waals surface area (Å²) in [6, 6.07) is 0. The third-order valence-electron chi connectivity index (χ3n) is 3.21. The molecule has 0 aromatic carbocycles. The van der Waals surface area contributed by atoms with Crippen LogP contribution in [0.15, 0.2) is 0 Å². The standard InChI is InChI=1S/C10H12ClN3O3S/c11-9-13-12-7(18-9)8(15)14-3-1-10(2-4-14)16-5-6-17-10/h1-6H2. The molecule has 8 heteroatoms. The molecule has 0 saturated carbocycles. The van der Waals surface area contributed by atoms with E-state index in [2.05, 4.69) is 10.2 Å². The molecule has 2 saturated heterocycles. The van der Waals surface area contributed by atoms with Crippen LogP contribution in [-0.2, 0) is 9.47 Å². The quantitative estimate of drug-likeness (QED) is 0.776. The number of hydrogen-bond acceptors (Lipinski definition) is 6. The summed E-state index contributed by atoms with van der Waals surface area (Å²) >= 11 is 6.78. The fraction of sp³-hybridized carbons (Fsp3) is 0.700. The summed E-state index contributed by atoms with van der Waals surface area (Å²) < 4.78 is 11.5. The molecule has 1 spiro atoms. The van der Waals surface area contributed by atoms with Gasteiger partial charge >= 0.3 is 0 Å². The first-order valence-corrected chi connectivity index (χ1v) is 6.94. The second-order valence-electron chi connectivity index (χ2n) is 4.26. The second kappa shape index (κ2) is 4.73. The molecule has 1 aromatic rings. The van der Waals surface area contributed by atoms with Crippen LogP contribution in [0.5, 0.6) is 0 Å². The van der Waals surface area contributed by atoms with E-state index in [1.807, 2.05) is 0 Å². The van der Waals surface area contributed by atoms with E-state index in [9.17, 15) is 4.79 Å². The maximum absolute atomic E-state index is 12.1. The van der Waals surface area contributed by atoms with Crippen LogP contribution >= 0.6 is 22.9 Å². The van der Waals surface area contributed by atoms with Gasteiger partial charge in [-0.1, -0.05) is 11.3 Å². The topological polar surface area (TPSA) is 64.6 Å². The Morgan fingerprint density at radius 2 is 1.94 bits per heavy atom. The molecular formula is C10H12ClN3O3S. The molecule has 0 radical (unpaired) electrons. The Bertz CT molecular complexity index is 451. The Morgan fingerprint density at radius 1 is 1.28 bits per heavy atom. The van der Waals surface area contributed by atoms with E-state index in [1.54, 1.807) is 4.90 Å². The summed E-state index contributed by atoms with van der Waals surface area (Å²) in [4.78, 5) is 13.9. The van der Waals surface area contributed by atoms with Gasteiger partial charge < -0.3 is 14.4 Å². The van der Waals surface area contributed by atoms with E-state index in [1.165, 1.54) is 0 Å². The molecule has 98 valence electrons. The van der Waals surface area contributed by atoms with E-state index in [4.69, 9.17) is 21.1 Å². The van der Waals surface area contributed by atoms with Gasteiger partial charge in [-0.15, -0.1) is 10.2 Å². The number of piperidine rings is 1. The maximum atomic E-state index is 12.1. The van der Waals surface area contributed by atoms with Crippen molar-refractivity contribution >= 4 is 28.8 Å². The molecule has 3 heterocycles. The monoisotopic (exact) mass is 289 g/mol. The van der Waals surface area contributed by atoms with Crippen LogP contribution < -0.4 is 0 Å². The molecule has 0 N–H and O–H groups in total. The second-order valence-corrected chi connectivity index (χ2v) is 5.82. The molecule has 2 aliphatic rings. The molecule has 0 aliphatic carbocycles. The SMILES string of the molecule is O=C(c1nnc(Cl)s1)N1CCC2(CC1)OCCO2. The molecule has 6 nitrogen and oxygen atoms in total. The number of nitrogens with zero attached hydrogens (tertiary/aromatic N) is 3. The zero-order chi connectivity index (χ0) is 12.6. The summed E-state index contributed by atoms with van der Waals surface area (Å²) in [7, 11) is 0. The number of hydrogen-bond donors (Lipinski definition) is 0. The summed E-state index contributed by atoms with van der Waals surface area (Å²) in [6.45, 7) is 2.49. The van der Waals surface area contributed by atoms with Crippen molar-refractivity contribution in [2.45, 2.75) is 18.6 Å². The van der Waals surface area contributed by atoms with Gasteiger partial charge in [-0.3, -0.25) is 4.79 Å². The van der Waals surface area contributed by atoms with Crippen LogP contribution in [0.1, 0.15) is 22.6 Å². The van der Waals surface area contributed by atoms with Gasteiger partial charge in [0.25, 0.3) is 5.91 Å². The van der Waals surface area contributed by atoms with E-state index in [0.29, 0.717) is 44.2 Å². The van der Waals surface area contributed by atoms with Crippen molar-refractivity contribution in [2.75, 3.05) is 26.3 Å². The fourth-order valence-corrected chi connectivity index (χ4v) is 3.06. The molecule has 2 aliphatic heterocycles. The zero-order valence-electron chi connectivity index (χ0n) is 9.60. The number of amides is 1. The number of rotatable bonds is 1. The van der Waals surface area contributed by atoms with E-state index >= 15 is 0 Å². The van der Waals surface area contributed by atoms with Crippen LogP contribution in [0, 0.1) is 0 Å². The van der Waals surface area contributed by atoms with Gasteiger partial charge in [0.05, 0.1) is 13.2 Å². The predicted octanol–water partition coefficient (Wildman–Crippen LogP) is 1.17. The largest absolute Gasteiger partial charge is 0.347 e.